The fourth-order valence-electron chi connectivity index (χ4n) is 6.17. The predicted octanol–water partition coefficient (Wildman–Crippen LogP) is 5.07. The Morgan fingerprint density at radius 1 is 1.00 bits per heavy atom. The summed E-state index contributed by atoms with van der Waals surface area (Å²) in [6, 6.07) is 7.47. The number of nitrogens with two attached hydrogens (primary N) is 1. The van der Waals surface area contributed by atoms with Crippen molar-refractivity contribution in [1.82, 2.24) is 19.7 Å². The van der Waals surface area contributed by atoms with Crippen LogP contribution in [0.25, 0.3) is 11.0 Å². The molecule has 0 unspecified atom stereocenters. The minimum absolute atomic E-state index is 0.00991. The number of rotatable bonds is 6. The Kier molecular flexibility index (Phi) is 6.21. The average Bonchev–Trinajstić information content (AvgIpc) is 3.57. The van der Waals surface area contributed by atoms with Crippen LogP contribution < -0.4 is 15.4 Å². The number of ether oxygens (including phenoxy) is 1. The summed E-state index contributed by atoms with van der Waals surface area (Å²) in [4.78, 5) is 11.5. The van der Waals surface area contributed by atoms with Crippen LogP contribution in [0.3, 0.4) is 0 Å². The van der Waals surface area contributed by atoms with E-state index < -0.39 is 29.4 Å². The highest BCUT2D eigenvalue weighted by atomic mass is 19.2. The minimum atomic E-state index is -1.21. The molecule has 40 heavy (non-hydrogen) atoms. The van der Waals surface area contributed by atoms with Gasteiger partial charge in [-0.1, -0.05) is 5.16 Å². The number of benzene rings is 2. The van der Waals surface area contributed by atoms with E-state index >= 15 is 0 Å². The molecular weight excluding hydrogens is 521 g/mol. The van der Waals surface area contributed by atoms with Crippen LogP contribution in [-0.2, 0) is 13.0 Å². The maximum Gasteiger partial charge on any atom is 0.324 e. The lowest BCUT2D eigenvalue weighted by molar-refractivity contribution is 0.132. The smallest absolute Gasteiger partial charge is 0.324 e. The largest absolute Gasteiger partial charge is 0.490 e. The van der Waals surface area contributed by atoms with Gasteiger partial charge in [0.1, 0.15) is 17.4 Å². The van der Waals surface area contributed by atoms with Crippen molar-refractivity contribution in [2.24, 2.45) is 11.7 Å². The van der Waals surface area contributed by atoms with E-state index in [0.717, 1.165) is 73.3 Å². The van der Waals surface area contributed by atoms with E-state index in [0.29, 0.717) is 36.9 Å². The Hall–Kier alpha value is -3.60. The maximum atomic E-state index is 14.5. The van der Waals surface area contributed by atoms with Gasteiger partial charge in [0, 0.05) is 56.1 Å². The quantitative estimate of drug-likeness (QED) is 0.334. The minimum Gasteiger partial charge on any atom is -0.490 e. The van der Waals surface area contributed by atoms with Gasteiger partial charge in [-0.05, 0) is 62.3 Å². The summed E-state index contributed by atoms with van der Waals surface area (Å²) in [7, 11) is 0. The summed E-state index contributed by atoms with van der Waals surface area (Å²) in [5.74, 6) is -0.432. The lowest BCUT2D eigenvalue weighted by Crippen LogP contribution is -2.39. The number of anilines is 1. The summed E-state index contributed by atoms with van der Waals surface area (Å²) >= 11 is 0. The molecule has 0 amide bonds. The number of fused-ring (bicyclic) bond motifs is 3. The van der Waals surface area contributed by atoms with Crippen LogP contribution in [0.2, 0.25) is 0 Å². The summed E-state index contributed by atoms with van der Waals surface area (Å²) in [6.07, 6.45) is 4.55. The molecule has 2 N–H and O–H groups in total. The zero-order valence-corrected chi connectivity index (χ0v) is 22.2. The van der Waals surface area contributed by atoms with E-state index in [1.54, 1.807) is 0 Å². The first-order chi connectivity index (χ1) is 19.3. The van der Waals surface area contributed by atoms with Gasteiger partial charge in [-0.15, -0.1) is 0 Å². The number of piperidine rings is 1. The molecule has 0 bridgehead atoms. The molecule has 7 rings (SSSR count). The van der Waals surface area contributed by atoms with E-state index in [9.17, 15) is 13.2 Å². The van der Waals surface area contributed by atoms with Crippen LogP contribution in [-0.4, -0.2) is 44.9 Å². The van der Waals surface area contributed by atoms with Crippen molar-refractivity contribution in [2.75, 3.05) is 18.0 Å². The van der Waals surface area contributed by atoms with Crippen molar-refractivity contribution in [1.29, 1.82) is 0 Å². The zero-order chi connectivity index (χ0) is 27.5. The summed E-state index contributed by atoms with van der Waals surface area (Å²) in [6.45, 7) is 4.18. The molecule has 4 aromatic rings. The third-order valence-electron chi connectivity index (χ3n) is 8.72. The van der Waals surface area contributed by atoms with Crippen LogP contribution in [0.5, 0.6) is 5.75 Å². The zero-order valence-electron chi connectivity index (χ0n) is 22.2. The van der Waals surface area contributed by atoms with Crippen molar-refractivity contribution < 1.29 is 22.4 Å². The fourth-order valence-corrected chi connectivity index (χ4v) is 6.17. The molecule has 11 heteroatoms. The van der Waals surface area contributed by atoms with Gasteiger partial charge in [-0.3, -0.25) is 0 Å². The van der Waals surface area contributed by atoms with E-state index in [1.165, 1.54) is 0 Å². The summed E-state index contributed by atoms with van der Waals surface area (Å²) in [5.41, 5.74) is 8.15. The molecule has 4 heterocycles. The molecule has 0 spiro atoms. The highest BCUT2D eigenvalue weighted by molar-refractivity contribution is 5.78. The molecule has 2 aliphatic heterocycles. The highest BCUT2D eigenvalue weighted by Gasteiger charge is 2.33. The van der Waals surface area contributed by atoms with Gasteiger partial charge in [0.05, 0.1) is 17.1 Å². The lowest BCUT2D eigenvalue weighted by Gasteiger charge is -2.33. The van der Waals surface area contributed by atoms with E-state index in [-0.39, 0.29) is 11.7 Å². The van der Waals surface area contributed by atoms with Crippen LogP contribution in [0.4, 0.5) is 19.2 Å². The van der Waals surface area contributed by atoms with Gasteiger partial charge in [0.25, 0.3) is 0 Å². The molecule has 3 aliphatic rings. The molecule has 2 aromatic heterocycles. The Morgan fingerprint density at radius 3 is 2.55 bits per heavy atom. The predicted molar refractivity (Wildman–Crippen MR) is 142 cm³/mol. The van der Waals surface area contributed by atoms with Gasteiger partial charge >= 0.3 is 6.01 Å². The van der Waals surface area contributed by atoms with E-state index in [2.05, 4.69) is 22.0 Å². The molecule has 2 fully saturated rings. The maximum absolute atomic E-state index is 14.5. The van der Waals surface area contributed by atoms with Crippen molar-refractivity contribution in [3.8, 4) is 5.75 Å². The SMILES string of the molecule is C[C@H](Oc1ccc2c(c1)nc1n2C[C@H](N)[C@@H](c2cc(F)c(F)cc2F)C1)C1CCN(c2nc(C3CC3)no2)CC1. The lowest BCUT2D eigenvalue weighted by atomic mass is 9.86. The molecule has 2 aromatic carbocycles. The number of aromatic nitrogens is 4. The number of hydrogen-bond donors (Lipinski definition) is 1. The number of imidazole rings is 1. The third kappa shape index (κ3) is 4.59. The number of halogens is 3. The first-order valence-electron chi connectivity index (χ1n) is 14.0. The van der Waals surface area contributed by atoms with E-state index in [1.807, 2.05) is 22.8 Å². The molecule has 0 radical (unpaired) electrons. The average molecular weight is 553 g/mol. The number of nitrogens with zero attached hydrogens (tertiary/aromatic N) is 5. The van der Waals surface area contributed by atoms with E-state index in [4.69, 9.17) is 20.0 Å². The molecular formula is C29H31F3N6O2. The van der Waals surface area contributed by atoms with Crippen molar-refractivity contribution in [3.05, 3.63) is 65.0 Å². The first kappa shape index (κ1) is 25.4. The van der Waals surface area contributed by atoms with Gasteiger partial charge < -0.3 is 24.5 Å². The standard InChI is InChI=1S/C29H31F3N6O2/c1-15(16-6-8-37(9-7-16)29-35-28(36-40-29)17-2-3-17)39-18-4-5-26-25(10-18)34-27-12-20(24(33)14-38(26)27)19-11-22(31)23(32)13-21(19)30/h4-5,10-11,13,15-17,20,24H,2-3,6-9,12,14,33H2,1H3/t15-,20+,24-/m0/s1. The summed E-state index contributed by atoms with van der Waals surface area (Å²) in [5, 5.41) is 4.13. The van der Waals surface area contributed by atoms with Gasteiger partial charge in [-0.25, -0.2) is 18.2 Å². The van der Waals surface area contributed by atoms with Crippen molar-refractivity contribution in [3.63, 3.8) is 0 Å². The highest BCUT2D eigenvalue weighted by Crippen LogP contribution is 2.39. The third-order valence-corrected chi connectivity index (χ3v) is 8.72. The molecule has 1 saturated carbocycles. The Labute approximate surface area is 229 Å². The van der Waals surface area contributed by atoms with Gasteiger partial charge in [0.2, 0.25) is 0 Å². The topological polar surface area (TPSA) is 95.2 Å². The van der Waals surface area contributed by atoms with Crippen molar-refractivity contribution >= 4 is 17.0 Å². The van der Waals surface area contributed by atoms with Crippen LogP contribution in [0.1, 0.15) is 61.7 Å². The molecule has 1 aliphatic carbocycles. The molecule has 8 nitrogen and oxygen atoms in total. The fraction of sp³-hybridized carbons (Fsp3) is 0.483. The Bertz CT molecular complexity index is 1560. The molecule has 3 atom stereocenters. The number of hydrogen-bond acceptors (Lipinski definition) is 7. The van der Waals surface area contributed by atoms with Crippen LogP contribution in [0, 0.1) is 23.4 Å². The van der Waals surface area contributed by atoms with Crippen LogP contribution in [0.15, 0.2) is 34.9 Å². The molecule has 210 valence electrons. The Morgan fingerprint density at radius 2 is 1.77 bits per heavy atom. The van der Waals surface area contributed by atoms with Crippen LogP contribution >= 0.6 is 0 Å². The molecule has 1 saturated heterocycles. The summed E-state index contributed by atoms with van der Waals surface area (Å²) < 4.78 is 55.8. The normalized spacial score (nSPS) is 22.5. The Balaban J connectivity index is 1.02. The second kappa shape index (κ2) is 9.79. The second-order valence-electron chi connectivity index (χ2n) is 11.4. The second-order valence-corrected chi connectivity index (χ2v) is 11.4. The van der Waals surface area contributed by atoms with Gasteiger partial charge in [0.15, 0.2) is 17.5 Å². The first-order valence-corrected chi connectivity index (χ1v) is 14.0. The monoisotopic (exact) mass is 552 g/mol. The van der Waals surface area contributed by atoms with Gasteiger partial charge in [-0.2, -0.15) is 4.98 Å². The van der Waals surface area contributed by atoms with Crippen molar-refractivity contribution in [2.45, 2.75) is 69.6 Å².